The Bertz CT molecular complexity index is 442. The van der Waals surface area contributed by atoms with Gasteiger partial charge in [-0.25, -0.2) is 0 Å². The maximum absolute atomic E-state index is 10.4. The normalized spacial score (nSPS) is 19.2. The molecule has 0 aromatic heterocycles. The molecule has 0 bridgehead atoms. The van der Waals surface area contributed by atoms with E-state index in [2.05, 4.69) is 6.08 Å². The van der Waals surface area contributed by atoms with Crippen LogP contribution in [0.2, 0.25) is 5.02 Å². The first-order valence-corrected chi connectivity index (χ1v) is 7.34. The maximum atomic E-state index is 10.4. The largest absolute Gasteiger partial charge is 0.488 e. The van der Waals surface area contributed by atoms with Crippen LogP contribution in [0.25, 0.3) is 0 Å². The van der Waals surface area contributed by atoms with E-state index in [-0.39, 0.29) is 6.10 Å². The highest BCUT2D eigenvalue weighted by Gasteiger charge is 2.21. The van der Waals surface area contributed by atoms with Crippen LogP contribution in [-0.2, 0) is 0 Å². The minimum absolute atomic E-state index is 0.261. The van der Waals surface area contributed by atoms with E-state index in [1.807, 2.05) is 25.1 Å². The summed E-state index contributed by atoms with van der Waals surface area (Å²) in [5.74, 6) is 0.702. The van der Waals surface area contributed by atoms with Gasteiger partial charge < -0.3 is 9.84 Å². The Hall–Kier alpha value is -0.990. The second-order valence-electron chi connectivity index (χ2n) is 5.10. The van der Waals surface area contributed by atoms with Crippen molar-refractivity contribution in [2.75, 3.05) is 0 Å². The molecule has 1 aromatic rings. The summed E-state index contributed by atoms with van der Waals surface area (Å²) in [4.78, 5) is 0. The highest BCUT2D eigenvalue weighted by Crippen LogP contribution is 2.24. The molecule has 3 heteroatoms. The molecule has 1 aliphatic rings. The van der Waals surface area contributed by atoms with Gasteiger partial charge in [-0.3, -0.25) is 0 Å². The van der Waals surface area contributed by atoms with Crippen molar-refractivity contribution in [3.8, 4) is 5.75 Å². The Kier molecular flexibility index (Phi) is 5.29. The van der Waals surface area contributed by atoms with E-state index in [9.17, 15) is 5.11 Å². The van der Waals surface area contributed by atoms with Gasteiger partial charge in [0.05, 0.1) is 0 Å². The first-order chi connectivity index (χ1) is 9.16. The van der Waals surface area contributed by atoms with Crippen LogP contribution in [0.4, 0.5) is 0 Å². The fourth-order valence-electron chi connectivity index (χ4n) is 2.43. The minimum Gasteiger partial charge on any atom is -0.488 e. The smallest absolute Gasteiger partial charge is 0.126 e. The number of rotatable bonds is 4. The molecule has 19 heavy (non-hydrogen) atoms. The molecule has 0 heterocycles. The highest BCUT2D eigenvalue weighted by molar-refractivity contribution is 6.30. The highest BCUT2D eigenvalue weighted by atomic mass is 35.5. The second kappa shape index (κ2) is 6.97. The third kappa shape index (κ3) is 4.26. The minimum atomic E-state index is -0.530. The molecule has 1 N–H and O–H groups in total. The summed E-state index contributed by atoms with van der Waals surface area (Å²) in [5, 5.41) is 11.0. The molecule has 0 fully saturated rings. The molecule has 2 rings (SSSR count). The van der Waals surface area contributed by atoms with Crippen LogP contribution in [0.1, 0.15) is 39.0 Å². The van der Waals surface area contributed by atoms with Crippen molar-refractivity contribution in [2.24, 2.45) is 0 Å². The lowest BCUT2D eigenvalue weighted by Crippen LogP contribution is -2.30. The lowest BCUT2D eigenvalue weighted by molar-refractivity contribution is 0.0693. The molecule has 1 aromatic carbocycles. The molecule has 0 spiro atoms. The molecule has 104 valence electrons. The first kappa shape index (κ1) is 14.4. The third-order valence-electron chi connectivity index (χ3n) is 3.52. The van der Waals surface area contributed by atoms with E-state index in [1.165, 1.54) is 12.8 Å². The monoisotopic (exact) mass is 280 g/mol. The van der Waals surface area contributed by atoms with Crippen molar-refractivity contribution in [3.05, 3.63) is 40.9 Å². The standard InChI is InChI=1S/C16H21ClO2/c1-12(19-15-10-6-9-14(17)11-15)16(18)13-7-4-2-3-5-8-13/h6-7,9-12,16,18H,2-5,8H2,1H3. The van der Waals surface area contributed by atoms with Gasteiger partial charge in [0, 0.05) is 5.02 Å². The Morgan fingerprint density at radius 3 is 2.89 bits per heavy atom. The number of hydrogen-bond donors (Lipinski definition) is 1. The number of benzene rings is 1. The van der Waals surface area contributed by atoms with Crippen LogP contribution in [0.5, 0.6) is 5.75 Å². The van der Waals surface area contributed by atoms with Crippen molar-refractivity contribution in [2.45, 2.75) is 51.2 Å². The zero-order valence-corrected chi connectivity index (χ0v) is 12.1. The number of halogens is 1. The van der Waals surface area contributed by atoms with Crippen LogP contribution >= 0.6 is 11.6 Å². The molecule has 1 aliphatic carbocycles. The van der Waals surface area contributed by atoms with Crippen LogP contribution in [-0.4, -0.2) is 17.3 Å². The predicted octanol–water partition coefficient (Wildman–Crippen LogP) is 4.36. The van der Waals surface area contributed by atoms with Gasteiger partial charge in [-0.15, -0.1) is 0 Å². The van der Waals surface area contributed by atoms with Crippen molar-refractivity contribution >= 4 is 11.6 Å². The summed E-state index contributed by atoms with van der Waals surface area (Å²) in [6.45, 7) is 1.90. The fraction of sp³-hybridized carbons (Fsp3) is 0.500. The van der Waals surface area contributed by atoms with Gasteiger partial charge in [-0.05, 0) is 56.4 Å². The van der Waals surface area contributed by atoms with Gasteiger partial charge in [0.15, 0.2) is 0 Å². The molecule has 0 aliphatic heterocycles. The lowest BCUT2D eigenvalue weighted by Gasteiger charge is -2.23. The summed E-state index contributed by atoms with van der Waals surface area (Å²) in [5.41, 5.74) is 1.12. The van der Waals surface area contributed by atoms with E-state index in [1.54, 1.807) is 6.07 Å². The first-order valence-electron chi connectivity index (χ1n) is 6.96. The molecular weight excluding hydrogens is 260 g/mol. The summed E-state index contributed by atoms with van der Waals surface area (Å²) >= 11 is 5.92. The molecule has 2 nitrogen and oxygen atoms in total. The summed E-state index contributed by atoms with van der Waals surface area (Å²) < 4.78 is 5.78. The Labute approximate surface area is 120 Å². The van der Waals surface area contributed by atoms with Crippen molar-refractivity contribution in [3.63, 3.8) is 0 Å². The fourth-order valence-corrected chi connectivity index (χ4v) is 2.61. The second-order valence-corrected chi connectivity index (χ2v) is 5.54. The average molecular weight is 281 g/mol. The zero-order chi connectivity index (χ0) is 13.7. The topological polar surface area (TPSA) is 29.5 Å². The Morgan fingerprint density at radius 2 is 2.11 bits per heavy atom. The van der Waals surface area contributed by atoms with Gasteiger partial charge in [-0.2, -0.15) is 0 Å². The number of allylic oxidation sites excluding steroid dienone is 1. The quantitative estimate of drug-likeness (QED) is 0.831. The van der Waals surface area contributed by atoms with Crippen molar-refractivity contribution < 1.29 is 9.84 Å². The van der Waals surface area contributed by atoms with Gasteiger partial charge >= 0.3 is 0 Å². The van der Waals surface area contributed by atoms with Gasteiger partial charge in [0.1, 0.15) is 18.0 Å². The van der Waals surface area contributed by atoms with E-state index >= 15 is 0 Å². The van der Waals surface area contributed by atoms with Crippen molar-refractivity contribution in [1.82, 2.24) is 0 Å². The Balaban J connectivity index is 1.98. The van der Waals surface area contributed by atoms with E-state index in [0.29, 0.717) is 10.8 Å². The van der Waals surface area contributed by atoms with Crippen LogP contribution in [0, 0.1) is 0 Å². The van der Waals surface area contributed by atoms with Gasteiger partial charge in [0.2, 0.25) is 0 Å². The van der Waals surface area contributed by atoms with E-state index < -0.39 is 6.10 Å². The predicted molar refractivity (Wildman–Crippen MR) is 78.7 cm³/mol. The van der Waals surface area contributed by atoms with Crippen LogP contribution < -0.4 is 4.74 Å². The molecule has 2 atom stereocenters. The number of aliphatic hydroxyl groups is 1. The molecule has 0 saturated heterocycles. The zero-order valence-electron chi connectivity index (χ0n) is 11.3. The van der Waals surface area contributed by atoms with Gasteiger partial charge in [-0.1, -0.05) is 30.2 Å². The van der Waals surface area contributed by atoms with Gasteiger partial charge in [0.25, 0.3) is 0 Å². The lowest BCUT2D eigenvalue weighted by atomic mass is 10.0. The van der Waals surface area contributed by atoms with Crippen LogP contribution in [0.3, 0.4) is 0 Å². The summed E-state index contributed by atoms with van der Waals surface area (Å²) in [7, 11) is 0. The number of ether oxygens (including phenoxy) is 1. The average Bonchev–Trinajstić information content (AvgIpc) is 2.66. The number of aliphatic hydroxyl groups excluding tert-OH is 1. The van der Waals surface area contributed by atoms with E-state index in [4.69, 9.17) is 16.3 Å². The molecular formula is C16H21ClO2. The molecule has 0 saturated carbocycles. The van der Waals surface area contributed by atoms with Crippen LogP contribution in [0.15, 0.2) is 35.9 Å². The summed E-state index contributed by atoms with van der Waals surface area (Å²) in [6.07, 6.45) is 7.05. The molecule has 2 unspecified atom stereocenters. The maximum Gasteiger partial charge on any atom is 0.126 e. The molecule has 0 radical (unpaired) electrons. The summed E-state index contributed by atoms with van der Waals surface area (Å²) in [6, 6.07) is 7.29. The SMILES string of the molecule is CC(Oc1cccc(Cl)c1)C(O)C1=CCCCCC1. The molecule has 0 amide bonds. The Morgan fingerprint density at radius 1 is 1.26 bits per heavy atom. The van der Waals surface area contributed by atoms with E-state index in [0.717, 1.165) is 24.8 Å². The number of hydrogen-bond acceptors (Lipinski definition) is 2. The third-order valence-corrected chi connectivity index (χ3v) is 3.75. The van der Waals surface area contributed by atoms with Crippen molar-refractivity contribution in [1.29, 1.82) is 0 Å².